The minimum Gasteiger partial charge on any atom is -0.476 e. The number of nitriles is 1. The second-order valence-electron chi connectivity index (χ2n) is 1.45. The van der Waals surface area contributed by atoms with Gasteiger partial charge in [-0.25, -0.2) is 9.78 Å². The van der Waals surface area contributed by atoms with Gasteiger partial charge in [0.2, 0.25) is 0 Å². The molecule has 1 heterocycles. The minimum absolute atomic E-state index is 0.0680. The molecule has 0 aliphatic rings. The minimum atomic E-state index is -1.10. The van der Waals surface area contributed by atoms with E-state index in [0.717, 1.165) is 11.3 Å². The van der Waals surface area contributed by atoms with Crippen LogP contribution in [-0.4, -0.2) is 16.1 Å². The third-order valence-corrected chi connectivity index (χ3v) is 1.57. The Morgan fingerprint density at radius 3 is 2.90 bits per heavy atom. The molecule has 0 fully saturated rings. The fourth-order valence-corrected chi connectivity index (χ4v) is 1.00. The smallest absolute Gasteiger partial charge is 0.355 e. The summed E-state index contributed by atoms with van der Waals surface area (Å²) in [5, 5.41) is 18.1. The monoisotopic (exact) mass is 154 g/mol. The van der Waals surface area contributed by atoms with E-state index in [1.54, 1.807) is 6.07 Å². The second-order valence-corrected chi connectivity index (χ2v) is 2.31. The van der Waals surface area contributed by atoms with Crippen LogP contribution >= 0.6 is 11.3 Å². The zero-order chi connectivity index (χ0) is 7.56. The Labute approximate surface area is 60.4 Å². The first kappa shape index (κ1) is 6.71. The first-order valence-corrected chi connectivity index (χ1v) is 3.21. The van der Waals surface area contributed by atoms with Crippen LogP contribution in [-0.2, 0) is 0 Å². The van der Waals surface area contributed by atoms with Gasteiger partial charge in [0.05, 0.1) is 0 Å². The molecule has 0 saturated carbocycles. The largest absolute Gasteiger partial charge is 0.476 e. The first-order valence-electron chi connectivity index (χ1n) is 2.33. The maximum absolute atomic E-state index is 10.2. The number of carboxylic acid groups (broad SMARTS) is 1. The molecule has 0 unspecified atom stereocenters. The molecule has 50 valence electrons. The van der Waals surface area contributed by atoms with Crippen LogP contribution in [0.3, 0.4) is 0 Å². The molecule has 0 aliphatic heterocycles. The topological polar surface area (TPSA) is 74.0 Å². The van der Waals surface area contributed by atoms with Crippen molar-refractivity contribution in [1.29, 1.82) is 5.26 Å². The molecule has 0 radical (unpaired) electrons. The predicted octanol–water partition coefficient (Wildman–Crippen LogP) is 0.713. The van der Waals surface area contributed by atoms with Crippen LogP contribution in [0.5, 0.6) is 0 Å². The molecular weight excluding hydrogens is 152 g/mol. The van der Waals surface area contributed by atoms with Crippen molar-refractivity contribution in [3.63, 3.8) is 0 Å². The van der Waals surface area contributed by atoms with Gasteiger partial charge in [0, 0.05) is 5.38 Å². The SMILES string of the molecule is N#Cc1nc(C(=O)O)cs1. The Bertz CT molecular complexity index is 299. The summed E-state index contributed by atoms with van der Waals surface area (Å²) in [6.45, 7) is 0. The highest BCUT2D eigenvalue weighted by molar-refractivity contribution is 7.10. The van der Waals surface area contributed by atoms with Crippen molar-refractivity contribution in [2.75, 3.05) is 0 Å². The Morgan fingerprint density at radius 1 is 1.90 bits per heavy atom. The number of carboxylic acids is 1. The molecular formula is C5H2N2O2S. The van der Waals surface area contributed by atoms with Crippen LogP contribution in [0.4, 0.5) is 0 Å². The van der Waals surface area contributed by atoms with E-state index in [4.69, 9.17) is 10.4 Å². The Morgan fingerprint density at radius 2 is 2.60 bits per heavy atom. The highest BCUT2D eigenvalue weighted by atomic mass is 32.1. The zero-order valence-corrected chi connectivity index (χ0v) is 5.55. The van der Waals surface area contributed by atoms with Gasteiger partial charge in [0.15, 0.2) is 10.7 Å². The number of nitrogens with zero attached hydrogens (tertiary/aromatic N) is 2. The third-order valence-electron chi connectivity index (χ3n) is 0.819. The molecule has 1 aromatic heterocycles. The summed E-state index contributed by atoms with van der Waals surface area (Å²) in [6.07, 6.45) is 0. The van der Waals surface area contributed by atoms with Crippen molar-refractivity contribution in [2.45, 2.75) is 0 Å². The van der Waals surface area contributed by atoms with Gasteiger partial charge in [-0.2, -0.15) is 5.26 Å². The number of aromatic nitrogens is 1. The first-order chi connectivity index (χ1) is 4.74. The van der Waals surface area contributed by atoms with Crippen molar-refractivity contribution < 1.29 is 9.90 Å². The molecule has 0 spiro atoms. The summed E-state index contributed by atoms with van der Waals surface area (Å²) >= 11 is 1.02. The molecule has 0 atom stereocenters. The molecule has 0 aliphatic carbocycles. The molecule has 4 nitrogen and oxygen atoms in total. The average molecular weight is 154 g/mol. The molecule has 1 rings (SSSR count). The van der Waals surface area contributed by atoms with Crippen LogP contribution in [0, 0.1) is 11.3 Å². The lowest BCUT2D eigenvalue weighted by Gasteiger charge is -1.78. The van der Waals surface area contributed by atoms with Gasteiger partial charge in [-0.1, -0.05) is 0 Å². The summed E-state index contributed by atoms with van der Waals surface area (Å²) in [7, 11) is 0. The fourth-order valence-electron chi connectivity index (χ4n) is 0.423. The Balaban J connectivity index is 3.02. The standard InChI is InChI=1S/C5H2N2O2S/c6-1-4-7-3(2-10-4)5(8)9/h2H,(H,8,9). The van der Waals surface area contributed by atoms with Crippen molar-refractivity contribution in [3.05, 3.63) is 16.1 Å². The van der Waals surface area contributed by atoms with E-state index in [9.17, 15) is 4.79 Å². The van der Waals surface area contributed by atoms with E-state index in [1.165, 1.54) is 5.38 Å². The summed E-state index contributed by atoms with van der Waals surface area (Å²) < 4.78 is 0. The number of thiazole rings is 1. The van der Waals surface area contributed by atoms with Gasteiger partial charge in [0.25, 0.3) is 0 Å². The van der Waals surface area contributed by atoms with Gasteiger partial charge in [0.1, 0.15) is 6.07 Å². The lowest BCUT2D eigenvalue weighted by molar-refractivity contribution is 0.0691. The van der Waals surface area contributed by atoms with Crippen molar-refractivity contribution >= 4 is 17.3 Å². The molecule has 0 bridgehead atoms. The number of aromatic carboxylic acids is 1. The van der Waals surface area contributed by atoms with E-state index >= 15 is 0 Å². The lowest BCUT2D eigenvalue weighted by atomic mass is 10.5. The molecule has 1 N–H and O–H groups in total. The van der Waals surface area contributed by atoms with Gasteiger partial charge >= 0.3 is 5.97 Å². The molecule has 10 heavy (non-hydrogen) atoms. The van der Waals surface area contributed by atoms with Crippen molar-refractivity contribution in [2.24, 2.45) is 0 Å². The molecule has 0 amide bonds. The van der Waals surface area contributed by atoms with E-state index in [1.807, 2.05) is 0 Å². The number of carbonyl (C=O) groups is 1. The average Bonchev–Trinajstić information content (AvgIpc) is 2.34. The number of rotatable bonds is 1. The second kappa shape index (κ2) is 2.45. The highest BCUT2D eigenvalue weighted by Crippen LogP contribution is 2.07. The van der Waals surface area contributed by atoms with Crippen LogP contribution in [0.1, 0.15) is 15.5 Å². The van der Waals surface area contributed by atoms with E-state index in [-0.39, 0.29) is 10.7 Å². The predicted molar refractivity (Wildman–Crippen MR) is 33.8 cm³/mol. The van der Waals surface area contributed by atoms with E-state index in [2.05, 4.69) is 4.98 Å². The quantitative estimate of drug-likeness (QED) is 0.646. The van der Waals surface area contributed by atoms with Gasteiger partial charge in [-0.3, -0.25) is 0 Å². The van der Waals surface area contributed by atoms with Crippen LogP contribution < -0.4 is 0 Å². The Kier molecular flexibility index (Phi) is 1.65. The van der Waals surface area contributed by atoms with Crippen molar-refractivity contribution in [3.8, 4) is 6.07 Å². The summed E-state index contributed by atoms with van der Waals surface area (Å²) in [5.74, 6) is -1.10. The number of hydrogen-bond donors (Lipinski definition) is 1. The fraction of sp³-hybridized carbons (Fsp3) is 0. The zero-order valence-electron chi connectivity index (χ0n) is 4.74. The Hall–Kier alpha value is -1.41. The van der Waals surface area contributed by atoms with Crippen LogP contribution in [0.25, 0.3) is 0 Å². The third kappa shape index (κ3) is 1.11. The molecule has 0 aromatic carbocycles. The summed E-state index contributed by atoms with van der Waals surface area (Å²) in [5.41, 5.74) is -0.0680. The summed E-state index contributed by atoms with van der Waals surface area (Å²) in [6, 6.07) is 1.75. The molecule has 1 aromatic rings. The normalized spacial score (nSPS) is 8.70. The maximum atomic E-state index is 10.2. The van der Waals surface area contributed by atoms with Crippen molar-refractivity contribution in [1.82, 2.24) is 4.98 Å². The highest BCUT2D eigenvalue weighted by Gasteiger charge is 2.06. The number of hydrogen-bond acceptors (Lipinski definition) is 4. The van der Waals surface area contributed by atoms with E-state index in [0.29, 0.717) is 0 Å². The molecule has 0 saturated heterocycles. The van der Waals surface area contributed by atoms with Crippen LogP contribution in [0.15, 0.2) is 5.38 Å². The lowest BCUT2D eigenvalue weighted by Crippen LogP contribution is -1.95. The van der Waals surface area contributed by atoms with Gasteiger partial charge in [-0.15, -0.1) is 11.3 Å². The van der Waals surface area contributed by atoms with Gasteiger partial charge in [-0.05, 0) is 0 Å². The molecule has 5 heteroatoms. The maximum Gasteiger partial charge on any atom is 0.355 e. The van der Waals surface area contributed by atoms with Crippen LogP contribution in [0.2, 0.25) is 0 Å². The van der Waals surface area contributed by atoms with E-state index < -0.39 is 5.97 Å². The van der Waals surface area contributed by atoms with Gasteiger partial charge < -0.3 is 5.11 Å². The summed E-state index contributed by atoms with van der Waals surface area (Å²) in [4.78, 5) is 13.7.